The molecule has 0 spiro atoms. The first-order chi connectivity index (χ1) is 6.74. The van der Waals surface area contributed by atoms with Crippen LogP contribution in [0, 0.1) is 5.21 Å². The van der Waals surface area contributed by atoms with Gasteiger partial charge in [-0.25, -0.2) is 0 Å². The van der Waals surface area contributed by atoms with Crippen LogP contribution in [0.25, 0.3) is 0 Å². The molecule has 0 aromatic heterocycles. The molecule has 0 aliphatic rings. The van der Waals surface area contributed by atoms with Crippen molar-refractivity contribution in [3.63, 3.8) is 0 Å². The highest BCUT2D eigenvalue weighted by molar-refractivity contribution is 5.15. The van der Waals surface area contributed by atoms with Gasteiger partial charge in [-0.2, -0.15) is 0 Å². The lowest BCUT2D eigenvalue weighted by Gasteiger charge is -2.21. The molecule has 0 aliphatic carbocycles. The molecular formula is C12H17NO. The molecule has 0 amide bonds. The molecule has 1 rings (SSSR count). The van der Waals surface area contributed by atoms with Crippen LogP contribution < -0.4 is 5.06 Å². The summed E-state index contributed by atoms with van der Waals surface area (Å²) in [5.41, 5.74) is 2.01. The Hall–Kier alpha value is -1.12. The third kappa shape index (κ3) is 3.32. The Balaban J connectivity index is 2.38. The minimum atomic E-state index is 0.181. The molecular weight excluding hydrogens is 174 g/mol. The molecule has 2 nitrogen and oxygen atoms in total. The highest BCUT2D eigenvalue weighted by Gasteiger charge is 2.01. The molecule has 0 radical (unpaired) electrons. The van der Waals surface area contributed by atoms with Gasteiger partial charge >= 0.3 is 0 Å². The van der Waals surface area contributed by atoms with Gasteiger partial charge in [0, 0.05) is 6.42 Å². The molecule has 1 N–H and O–H groups in total. The van der Waals surface area contributed by atoms with Gasteiger partial charge in [-0.3, -0.25) is 0 Å². The number of quaternary nitrogens is 1. The van der Waals surface area contributed by atoms with Crippen LogP contribution in [-0.2, 0) is 6.42 Å². The van der Waals surface area contributed by atoms with E-state index in [0.717, 1.165) is 18.5 Å². The standard InChI is InChI=1S/C12H17NO/c1-3-13(14)11(2)9-10-12-7-5-4-6-8-12/h4-8,13H,2-3,9-10H2,1H3. The first-order valence-corrected chi connectivity index (χ1v) is 4.99. The number of hydrogen-bond acceptors (Lipinski definition) is 1. The monoisotopic (exact) mass is 191 g/mol. The van der Waals surface area contributed by atoms with E-state index < -0.39 is 0 Å². The second-order valence-corrected chi connectivity index (χ2v) is 3.37. The van der Waals surface area contributed by atoms with Crippen LogP contribution >= 0.6 is 0 Å². The van der Waals surface area contributed by atoms with E-state index in [1.54, 1.807) is 0 Å². The van der Waals surface area contributed by atoms with Gasteiger partial charge in [0.15, 0.2) is 0 Å². The molecule has 1 atom stereocenters. The van der Waals surface area contributed by atoms with E-state index in [-0.39, 0.29) is 5.06 Å². The SMILES string of the molecule is C=C(CCc1ccccc1)[NH+]([O-])CC. The van der Waals surface area contributed by atoms with Crippen LogP contribution in [0.1, 0.15) is 18.9 Å². The van der Waals surface area contributed by atoms with E-state index in [1.807, 2.05) is 25.1 Å². The summed E-state index contributed by atoms with van der Waals surface area (Å²) in [6, 6.07) is 10.2. The van der Waals surface area contributed by atoms with Gasteiger partial charge < -0.3 is 10.3 Å². The number of hydroxylamine groups is 2. The van der Waals surface area contributed by atoms with Crippen LogP contribution in [-0.4, -0.2) is 6.54 Å². The maximum absolute atomic E-state index is 11.2. The molecule has 14 heavy (non-hydrogen) atoms. The fourth-order valence-electron chi connectivity index (χ4n) is 1.33. The molecule has 0 heterocycles. The number of nitrogens with one attached hydrogen (secondary N) is 1. The van der Waals surface area contributed by atoms with E-state index in [4.69, 9.17) is 0 Å². The van der Waals surface area contributed by atoms with E-state index in [1.165, 1.54) is 5.56 Å². The summed E-state index contributed by atoms with van der Waals surface area (Å²) in [7, 11) is 0. The molecule has 0 bridgehead atoms. The number of hydrogen-bond donors (Lipinski definition) is 1. The van der Waals surface area contributed by atoms with E-state index in [2.05, 4.69) is 18.7 Å². The van der Waals surface area contributed by atoms with Gasteiger partial charge in [-0.15, -0.1) is 0 Å². The summed E-state index contributed by atoms with van der Waals surface area (Å²) in [5.74, 6) is 0. The van der Waals surface area contributed by atoms with Crippen LogP contribution in [0.2, 0.25) is 0 Å². The molecule has 0 aliphatic heterocycles. The third-order valence-corrected chi connectivity index (χ3v) is 2.27. The van der Waals surface area contributed by atoms with E-state index in [0.29, 0.717) is 6.54 Å². The summed E-state index contributed by atoms with van der Waals surface area (Å²) < 4.78 is 0. The number of allylic oxidation sites excluding steroid dienone is 1. The van der Waals surface area contributed by atoms with E-state index >= 15 is 0 Å². The summed E-state index contributed by atoms with van der Waals surface area (Å²) in [6.07, 6.45) is 1.68. The zero-order valence-corrected chi connectivity index (χ0v) is 8.62. The fraction of sp³-hybridized carbons (Fsp3) is 0.333. The van der Waals surface area contributed by atoms with Crippen molar-refractivity contribution in [1.29, 1.82) is 0 Å². The van der Waals surface area contributed by atoms with Crippen molar-refractivity contribution in [1.82, 2.24) is 0 Å². The summed E-state index contributed by atoms with van der Waals surface area (Å²) in [6.45, 7) is 6.23. The number of rotatable bonds is 5. The third-order valence-electron chi connectivity index (χ3n) is 2.27. The van der Waals surface area contributed by atoms with Gasteiger partial charge in [0.2, 0.25) is 0 Å². The van der Waals surface area contributed by atoms with Crippen molar-refractivity contribution < 1.29 is 5.06 Å². The van der Waals surface area contributed by atoms with Crippen molar-refractivity contribution in [2.24, 2.45) is 0 Å². The van der Waals surface area contributed by atoms with Gasteiger partial charge in [-0.1, -0.05) is 30.3 Å². The second kappa shape index (κ2) is 5.58. The van der Waals surface area contributed by atoms with Crippen molar-refractivity contribution in [2.45, 2.75) is 19.8 Å². The highest BCUT2D eigenvalue weighted by Crippen LogP contribution is 2.03. The summed E-state index contributed by atoms with van der Waals surface area (Å²) in [5, 5.41) is 11.4. The first kappa shape index (κ1) is 11.0. The Morgan fingerprint density at radius 3 is 2.57 bits per heavy atom. The molecule has 1 aromatic rings. The van der Waals surface area contributed by atoms with Gasteiger partial charge in [-0.05, 0) is 25.5 Å². The first-order valence-electron chi connectivity index (χ1n) is 4.99. The smallest absolute Gasteiger partial charge is 0.100 e. The van der Waals surface area contributed by atoms with Crippen LogP contribution in [0.3, 0.4) is 0 Å². The lowest BCUT2D eigenvalue weighted by Crippen LogP contribution is -3.04. The van der Waals surface area contributed by atoms with Crippen molar-refractivity contribution in [2.75, 3.05) is 6.54 Å². The van der Waals surface area contributed by atoms with Crippen LogP contribution in [0.5, 0.6) is 0 Å². The Labute approximate surface area is 85.4 Å². The van der Waals surface area contributed by atoms with Crippen LogP contribution in [0.15, 0.2) is 42.6 Å². The van der Waals surface area contributed by atoms with Gasteiger partial charge in [0.05, 0.1) is 6.54 Å². The summed E-state index contributed by atoms with van der Waals surface area (Å²) in [4.78, 5) is 0. The maximum atomic E-state index is 11.2. The zero-order valence-electron chi connectivity index (χ0n) is 8.62. The van der Waals surface area contributed by atoms with Crippen LogP contribution in [0.4, 0.5) is 0 Å². The quantitative estimate of drug-likeness (QED) is 0.702. The maximum Gasteiger partial charge on any atom is 0.100 e. The van der Waals surface area contributed by atoms with Gasteiger partial charge in [0.1, 0.15) is 5.70 Å². The average molecular weight is 191 g/mol. The lowest BCUT2D eigenvalue weighted by atomic mass is 10.1. The molecule has 1 unspecified atom stereocenters. The Bertz CT molecular complexity index is 282. The predicted octanol–water partition coefficient (Wildman–Crippen LogP) is 1.54. The van der Waals surface area contributed by atoms with Crippen molar-refractivity contribution in [3.8, 4) is 0 Å². The summed E-state index contributed by atoms with van der Waals surface area (Å²) >= 11 is 0. The largest absolute Gasteiger partial charge is 0.629 e. The highest BCUT2D eigenvalue weighted by atomic mass is 16.5. The predicted molar refractivity (Wildman–Crippen MR) is 58.8 cm³/mol. The molecule has 0 fully saturated rings. The second-order valence-electron chi connectivity index (χ2n) is 3.37. The Kier molecular flexibility index (Phi) is 4.36. The molecule has 1 aromatic carbocycles. The van der Waals surface area contributed by atoms with Gasteiger partial charge in [0.25, 0.3) is 0 Å². The lowest BCUT2D eigenvalue weighted by molar-refractivity contribution is -0.805. The Morgan fingerprint density at radius 1 is 1.36 bits per heavy atom. The Morgan fingerprint density at radius 2 is 2.00 bits per heavy atom. The molecule has 2 heteroatoms. The van der Waals surface area contributed by atoms with E-state index in [9.17, 15) is 5.21 Å². The molecule has 0 saturated heterocycles. The molecule has 0 saturated carbocycles. The van der Waals surface area contributed by atoms with Crippen molar-refractivity contribution >= 4 is 0 Å². The normalized spacial score (nSPS) is 12.4. The zero-order chi connectivity index (χ0) is 10.4. The minimum Gasteiger partial charge on any atom is -0.629 e. The average Bonchev–Trinajstić information content (AvgIpc) is 2.26. The topological polar surface area (TPSA) is 27.5 Å². The minimum absolute atomic E-state index is 0.181. The number of aryl methyl sites for hydroxylation is 1. The van der Waals surface area contributed by atoms with Crippen molar-refractivity contribution in [3.05, 3.63) is 53.4 Å². The molecule has 76 valence electrons. The number of benzene rings is 1. The fourth-order valence-corrected chi connectivity index (χ4v) is 1.33.